The molecule has 2 fully saturated rings. The first-order valence-corrected chi connectivity index (χ1v) is 13.2. The van der Waals surface area contributed by atoms with Crippen molar-refractivity contribution in [1.82, 2.24) is 20.9 Å². The lowest BCUT2D eigenvalue weighted by Gasteiger charge is -2.28. The van der Waals surface area contributed by atoms with Gasteiger partial charge in [0.25, 0.3) is 0 Å². The zero-order chi connectivity index (χ0) is 29.7. The van der Waals surface area contributed by atoms with E-state index in [0.717, 1.165) is 10.5 Å². The number of nitrogens with one attached hydrogen (secondary N) is 3. The van der Waals surface area contributed by atoms with Gasteiger partial charge in [0, 0.05) is 13.0 Å². The molecule has 4 atom stereocenters. The molecule has 0 spiro atoms. The lowest BCUT2D eigenvalue weighted by Crippen LogP contribution is -2.57. The number of amides is 4. The number of epoxide rings is 1. The number of alkyl halides is 3. The Morgan fingerprint density at radius 3 is 2.30 bits per heavy atom. The predicted molar refractivity (Wildman–Crippen MR) is 137 cm³/mol. The number of hydrogen-bond acceptors (Lipinski definition) is 6. The van der Waals surface area contributed by atoms with Gasteiger partial charge in [-0.25, -0.2) is 0 Å². The van der Waals surface area contributed by atoms with Gasteiger partial charge in [0.15, 0.2) is 5.78 Å². The Bertz CT molecular complexity index is 1110. The van der Waals surface area contributed by atoms with Crippen molar-refractivity contribution in [3.8, 4) is 0 Å². The van der Waals surface area contributed by atoms with E-state index in [4.69, 9.17) is 4.74 Å². The standard InChI is InChI=1S/C27H35F3N4O6/c1-16(2)12-18(22(36)26(3)15-40-26)32-23(37)19(13-17-8-5-4-6-9-17)33-24(38)20-10-7-11-34(20)21(35)14-31-25(39)27(28,29)30/h4-6,8-9,16,18-20H,7,10-15H2,1-3H3,(H,31,39)(H,32,37)(H,33,38)/t18-,19-,20-,26+/m0/s1. The van der Waals surface area contributed by atoms with Crippen LogP contribution in [0.25, 0.3) is 0 Å². The number of ether oxygens (including phenoxy) is 1. The first-order valence-electron chi connectivity index (χ1n) is 13.2. The van der Waals surface area contributed by atoms with E-state index in [2.05, 4.69) is 10.6 Å². The van der Waals surface area contributed by atoms with Crippen molar-refractivity contribution in [2.75, 3.05) is 19.7 Å². The van der Waals surface area contributed by atoms with Gasteiger partial charge in [-0.3, -0.25) is 24.0 Å². The van der Waals surface area contributed by atoms with Crippen LogP contribution in [0.3, 0.4) is 0 Å². The number of halogens is 3. The second-order valence-electron chi connectivity index (χ2n) is 10.8. The number of carbonyl (C=O) groups is 5. The Morgan fingerprint density at radius 2 is 1.73 bits per heavy atom. The van der Waals surface area contributed by atoms with Gasteiger partial charge in [0.05, 0.1) is 19.2 Å². The summed E-state index contributed by atoms with van der Waals surface area (Å²) in [6.07, 6.45) is -4.04. The van der Waals surface area contributed by atoms with Gasteiger partial charge in [-0.15, -0.1) is 0 Å². The fourth-order valence-electron chi connectivity index (χ4n) is 4.62. The SMILES string of the molecule is CC(C)C[C@H](NC(=O)[C@H](Cc1ccccc1)NC(=O)[C@@H]1CCCN1C(=O)CNC(=O)C(F)(F)F)C(=O)[C@@]1(C)CO1. The average molecular weight is 569 g/mol. The van der Waals surface area contributed by atoms with Crippen molar-refractivity contribution < 1.29 is 41.9 Å². The maximum absolute atomic E-state index is 13.5. The molecule has 0 aromatic heterocycles. The van der Waals surface area contributed by atoms with Crippen LogP contribution in [0.4, 0.5) is 13.2 Å². The van der Waals surface area contributed by atoms with Gasteiger partial charge in [-0.1, -0.05) is 44.2 Å². The van der Waals surface area contributed by atoms with Crippen LogP contribution in [0.15, 0.2) is 30.3 Å². The van der Waals surface area contributed by atoms with Crippen LogP contribution >= 0.6 is 0 Å². The molecule has 3 N–H and O–H groups in total. The molecule has 2 saturated heterocycles. The topological polar surface area (TPSA) is 137 Å². The molecule has 1 aromatic carbocycles. The van der Waals surface area contributed by atoms with Crippen LogP contribution in [0.5, 0.6) is 0 Å². The summed E-state index contributed by atoms with van der Waals surface area (Å²) >= 11 is 0. The van der Waals surface area contributed by atoms with E-state index in [0.29, 0.717) is 12.8 Å². The zero-order valence-electron chi connectivity index (χ0n) is 22.7. The Labute approximate surface area is 230 Å². The molecule has 0 saturated carbocycles. The summed E-state index contributed by atoms with van der Waals surface area (Å²) in [6.45, 7) is 4.92. The first kappa shape index (κ1) is 31.1. The molecule has 4 amide bonds. The summed E-state index contributed by atoms with van der Waals surface area (Å²) in [5, 5.41) is 6.97. The molecule has 2 aliphatic heterocycles. The molecule has 0 radical (unpaired) electrons. The number of Topliss-reactive ketones (excluding diaryl/α,β-unsaturated/α-hetero) is 1. The molecule has 1 aromatic rings. The van der Waals surface area contributed by atoms with Crippen molar-refractivity contribution >= 4 is 29.4 Å². The summed E-state index contributed by atoms with van der Waals surface area (Å²) in [6, 6.07) is 5.92. The molecule has 13 heteroatoms. The van der Waals surface area contributed by atoms with Gasteiger partial charge in [-0.2, -0.15) is 13.2 Å². The van der Waals surface area contributed by atoms with Crippen LogP contribution in [-0.4, -0.2) is 83.9 Å². The molecule has 0 aliphatic carbocycles. The highest BCUT2D eigenvalue weighted by molar-refractivity contribution is 5.98. The summed E-state index contributed by atoms with van der Waals surface area (Å²) in [4.78, 5) is 64.6. The second kappa shape index (κ2) is 12.8. The molecule has 2 heterocycles. The van der Waals surface area contributed by atoms with Crippen molar-refractivity contribution in [2.45, 2.75) is 76.4 Å². The summed E-state index contributed by atoms with van der Waals surface area (Å²) in [5.41, 5.74) is -0.224. The highest BCUT2D eigenvalue weighted by Crippen LogP contribution is 2.29. The van der Waals surface area contributed by atoms with E-state index in [-0.39, 0.29) is 37.7 Å². The second-order valence-corrected chi connectivity index (χ2v) is 10.8. The van der Waals surface area contributed by atoms with Crippen LogP contribution in [0.2, 0.25) is 0 Å². The third kappa shape index (κ3) is 8.26. The molecule has 220 valence electrons. The lowest BCUT2D eigenvalue weighted by atomic mass is 9.93. The Hall–Kier alpha value is -3.48. The molecular weight excluding hydrogens is 533 g/mol. The molecule has 3 rings (SSSR count). The number of nitrogens with zero attached hydrogens (tertiary/aromatic N) is 1. The van der Waals surface area contributed by atoms with Crippen LogP contribution < -0.4 is 16.0 Å². The van der Waals surface area contributed by atoms with E-state index < -0.39 is 60.1 Å². The molecule has 40 heavy (non-hydrogen) atoms. The van der Waals surface area contributed by atoms with Crippen molar-refractivity contribution in [1.29, 1.82) is 0 Å². The number of benzene rings is 1. The van der Waals surface area contributed by atoms with Crippen LogP contribution in [0.1, 0.15) is 45.6 Å². The predicted octanol–water partition coefficient (Wildman–Crippen LogP) is 1.27. The third-order valence-corrected chi connectivity index (χ3v) is 6.89. The smallest absolute Gasteiger partial charge is 0.361 e. The minimum atomic E-state index is -5.14. The summed E-state index contributed by atoms with van der Waals surface area (Å²) in [7, 11) is 0. The normalized spacial score (nSPS) is 21.9. The zero-order valence-corrected chi connectivity index (χ0v) is 22.7. The van der Waals surface area contributed by atoms with Crippen molar-refractivity contribution in [2.24, 2.45) is 5.92 Å². The minimum absolute atomic E-state index is 0.0784. The number of hydrogen-bond donors (Lipinski definition) is 3. The average Bonchev–Trinajstić information content (AvgIpc) is 3.44. The van der Waals surface area contributed by atoms with Crippen LogP contribution in [-0.2, 0) is 35.1 Å². The number of rotatable bonds is 12. The van der Waals surface area contributed by atoms with Crippen molar-refractivity contribution in [3.05, 3.63) is 35.9 Å². The van der Waals surface area contributed by atoms with E-state index in [9.17, 15) is 37.1 Å². The van der Waals surface area contributed by atoms with Crippen LogP contribution in [0, 0.1) is 5.92 Å². The molecule has 10 nitrogen and oxygen atoms in total. The number of ketones is 1. The number of likely N-dealkylation sites (tertiary alicyclic amines) is 1. The lowest BCUT2D eigenvalue weighted by molar-refractivity contribution is -0.174. The van der Waals surface area contributed by atoms with Gasteiger partial charge in [-0.05, 0) is 37.7 Å². The fourth-order valence-corrected chi connectivity index (χ4v) is 4.62. The highest BCUT2D eigenvalue weighted by atomic mass is 19.4. The molecule has 0 unspecified atom stereocenters. The quantitative estimate of drug-likeness (QED) is 0.325. The maximum atomic E-state index is 13.5. The first-order chi connectivity index (χ1) is 18.7. The Balaban J connectivity index is 1.73. The molecule has 0 bridgehead atoms. The van der Waals surface area contributed by atoms with Gasteiger partial charge in [0.2, 0.25) is 17.7 Å². The molecule has 2 aliphatic rings. The minimum Gasteiger partial charge on any atom is -0.361 e. The van der Waals surface area contributed by atoms with E-state index in [1.165, 1.54) is 5.32 Å². The monoisotopic (exact) mass is 568 g/mol. The largest absolute Gasteiger partial charge is 0.471 e. The fraction of sp³-hybridized carbons (Fsp3) is 0.593. The summed E-state index contributed by atoms with van der Waals surface area (Å²) < 4.78 is 42.8. The highest BCUT2D eigenvalue weighted by Gasteiger charge is 2.50. The molecular formula is C27H35F3N4O6. The van der Waals surface area contributed by atoms with E-state index in [1.54, 1.807) is 37.3 Å². The van der Waals surface area contributed by atoms with Gasteiger partial charge < -0.3 is 25.6 Å². The Morgan fingerprint density at radius 1 is 1.07 bits per heavy atom. The van der Waals surface area contributed by atoms with Gasteiger partial charge in [0.1, 0.15) is 17.7 Å². The van der Waals surface area contributed by atoms with E-state index >= 15 is 0 Å². The van der Waals surface area contributed by atoms with Gasteiger partial charge >= 0.3 is 12.1 Å². The van der Waals surface area contributed by atoms with Crippen molar-refractivity contribution in [3.63, 3.8) is 0 Å². The Kier molecular flexibility index (Phi) is 9.93. The van der Waals surface area contributed by atoms with E-state index in [1.807, 2.05) is 13.8 Å². The third-order valence-electron chi connectivity index (χ3n) is 6.89. The summed E-state index contributed by atoms with van der Waals surface area (Å²) in [5.74, 6) is -4.53. The number of carbonyl (C=O) groups excluding carboxylic acids is 5. The maximum Gasteiger partial charge on any atom is 0.471 e.